The maximum atomic E-state index is 9.22. The minimum Gasteiger partial charge on any atom is -0.329 e. The number of nitriles is 3. The maximum Gasteiger partial charge on any atom is 0.148 e. The highest BCUT2D eigenvalue weighted by molar-refractivity contribution is 5.57. The van der Waals surface area contributed by atoms with E-state index in [1.807, 2.05) is 18.2 Å². The molecule has 1 aromatic rings. The molecule has 5 heteroatoms. The summed E-state index contributed by atoms with van der Waals surface area (Å²) < 4.78 is 0. The number of fused-ring (bicyclic) bond motifs is 1. The van der Waals surface area contributed by atoms with E-state index >= 15 is 0 Å². The summed E-state index contributed by atoms with van der Waals surface area (Å²) in [6, 6.07) is 8.00. The molecule has 0 aromatic carbocycles. The fourth-order valence-electron chi connectivity index (χ4n) is 2.32. The van der Waals surface area contributed by atoms with Crippen LogP contribution < -0.4 is 4.90 Å². The molecule has 0 aliphatic heterocycles. The van der Waals surface area contributed by atoms with Gasteiger partial charge in [0.1, 0.15) is 25.0 Å². The molecule has 94 valence electrons. The number of rotatable bonds is 3. The zero-order valence-corrected chi connectivity index (χ0v) is 10.6. The second-order valence-corrected chi connectivity index (χ2v) is 4.46. The second-order valence-electron chi connectivity index (χ2n) is 4.46. The van der Waals surface area contributed by atoms with Gasteiger partial charge in [0.15, 0.2) is 0 Å². The molecule has 1 heterocycles. The normalized spacial score (nSPS) is 12.7. The average Bonchev–Trinajstić information content (AvgIpc) is 2.45. The predicted molar refractivity (Wildman–Crippen MR) is 69.0 cm³/mol. The van der Waals surface area contributed by atoms with Crippen LogP contribution in [0.4, 0.5) is 5.82 Å². The molecule has 0 spiro atoms. The van der Waals surface area contributed by atoms with Gasteiger partial charge in [0, 0.05) is 5.69 Å². The van der Waals surface area contributed by atoms with Crippen LogP contribution in [0, 0.1) is 34.0 Å². The lowest BCUT2D eigenvalue weighted by atomic mass is 9.95. The molecule has 1 aromatic heterocycles. The van der Waals surface area contributed by atoms with Crippen molar-refractivity contribution in [3.05, 3.63) is 22.9 Å². The third-order valence-corrected chi connectivity index (χ3v) is 3.22. The Morgan fingerprint density at radius 3 is 2.42 bits per heavy atom. The number of pyridine rings is 1. The number of anilines is 1. The highest BCUT2D eigenvalue weighted by Gasteiger charge is 2.18. The van der Waals surface area contributed by atoms with Crippen LogP contribution >= 0.6 is 0 Å². The Kier molecular flexibility index (Phi) is 3.96. The zero-order valence-electron chi connectivity index (χ0n) is 10.6. The third kappa shape index (κ3) is 2.64. The lowest BCUT2D eigenvalue weighted by Gasteiger charge is -2.22. The Morgan fingerprint density at radius 2 is 1.79 bits per heavy atom. The van der Waals surface area contributed by atoms with Gasteiger partial charge in [0.2, 0.25) is 0 Å². The number of aryl methyl sites for hydroxylation is 2. The Balaban J connectivity index is 2.46. The number of nitrogens with zero attached hydrogens (tertiary/aromatic N) is 5. The van der Waals surface area contributed by atoms with Gasteiger partial charge in [-0.2, -0.15) is 15.8 Å². The van der Waals surface area contributed by atoms with Crippen LogP contribution in [-0.2, 0) is 12.8 Å². The molecule has 0 N–H and O–H groups in total. The van der Waals surface area contributed by atoms with Crippen molar-refractivity contribution in [3.63, 3.8) is 0 Å². The molecule has 19 heavy (non-hydrogen) atoms. The maximum absolute atomic E-state index is 9.22. The Bertz CT molecular complexity index is 584. The summed E-state index contributed by atoms with van der Waals surface area (Å²) in [6.07, 6.45) is 4.08. The van der Waals surface area contributed by atoms with Gasteiger partial charge in [-0.3, -0.25) is 0 Å². The van der Waals surface area contributed by atoms with Crippen LogP contribution in [0.15, 0.2) is 6.07 Å². The molecule has 2 rings (SSSR count). The van der Waals surface area contributed by atoms with E-state index in [0.29, 0.717) is 11.4 Å². The molecular weight excluding hydrogens is 238 g/mol. The van der Waals surface area contributed by atoms with Crippen LogP contribution in [0.3, 0.4) is 0 Å². The van der Waals surface area contributed by atoms with Crippen molar-refractivity contribution in [3.8, 4) is 18.2 Å². The fraction of sp³-hybridized carbons (Fsp3) is 0.429. The van der Waals surface area contributed by atoms with E-state index in [1.165, 1.54) is 0 Å². The molecule has 0 atom stereocenters. The van der Waals surface area contributed by atoms with Crippen molar-refractivity contribution in [1.29, 1.82) is 15.8 Å². The van der Waals surface area contributed by atoms with Gasteiger partial charge in [0.05, 0.1) is 17.7 Å². The largest absolute Gasteiger partial charge is 0.329 e. The van der Waals surface area contributed by atoms with Gasteiger partial charge in [-0.25, -0.2) is 4.98 Å². The molecule has 0 radical (unpaired) electrons. The summed E-state index contributed by atoms with van der Waals surface area (Å²) in [4.78, 5) is 6.07. The molecular formula is C14H13N5. The first kappa shape index (κ1) is 12.9. The molecule has 1 aliphatic rings. The van der Waals surface area contributed by atoms with Gasteiger partial charge in [-0.15, -0.1) is 0 Å². The molecule has 0 bridgehead atoms. The van der Waals surface area contributed by atoms with Gasteiger partial charge in [-0.1, -0.05) is 0 Å². The smallest absolute Gasteiger partial charge is 0.148 e. The summed E-state index contributed by atoms with van der Waals surface area (Å²) in [5.41, 5.74) is 2.58. The quantitative estimate of drug-likeness (QED) is 0.763. The lowest BCUT2D eigenvalue weighted by Crippen LogP contribution is -2.26. The summed E-state index contributed by atoms with van der Waals surface area (Å²) in [5.74, 6) is 0.464. The summed E-state index contributed by atoms with van der Waals surface area (Å²) >= 11 is 0. The summed E-state index contributed by atoms with van der Waals surface area (Å²) in [7, 11) is 0. The molecule has 5 nitrogen and oxygen atoms in total. The minimum absolute atomic E-state index is 0.0635. The second kappa shape index (κ2) is 5.85. The van der Waals surface area contributed by atoms with E-state index < -0.39 is 0 Å². The molecule has 1 aliphatic carbocycles. The van der Waals surface area contributed by atoms with Gasteiger partial charge in [0.25, 0.3) is 0 Å². The van der Waals surface area contributed by atoms with Crippen molar-refractivity contribution >= 4 is 5.82 Å². The van der Waals surface area contributed by atoms with Crippen molar-refractivity contribution in [2.24, 2.45) is 0 Å². The zero-order chi connectivity index (χ0) is 13.7. The van der Waals surface area contributed by atoms with Crippen LogP contribution in [0.25, 0.3) is 0 Å². The number of hydrogen-bond donors (Lipinski definition) is 0. The van der Waals surface area contributed by atoms with Crippen molar-refractivity contribution in [2.45, 2.75) is 25.7 Å². The standard InChI is InChI=1S/C14H13N5/c15-5-7-19(8-6-16)14-12(10-17)9-11-3-1-2-4-13(11)18-14/h9H,1-4,7-8H2. The Morgan fingerprint density at radius 1 is 1.11 bits per heavy atom. The summed E-state index contributed by atoms with van der Waals surface area (Å²) in [6.45, 7) is 0.127. The van der Waals surface area contributed by atoms with E-state index in [2.05, 4.69) is 11.1 Å². The first-order chi connectivity index (χ1) is 9.30. The van der Waals surface area contributed by atoms with Crippen molar-refractivity contribution in [2.75, 3.05) is 18.0 Å². The predicted octanol–water partition coefficient (Wildman–Crippen LogP) is 1.69. The Labute approximate surface area is 112 Å². The Hall–Kier alpha value is -2.58. The van der Waals surface area contributed by atoms with Gasteiger partial charge in [-0.05, 0) is 37.3 Å². The van der Waals surface area contributed by atoms with Gasteiger partial charge < -0.3 is 4.90 Å². The topological polar surface area (TPSA) is 87.5 Å². The minimum atomic E-state index is 0.0635. The van der Waals surface area contributed by atoms with Crippen LogP contribution in [0.1, 0.15) is 29.7 Å². The monoisotopic (exact) mass is 251 g/mol. The van der Waals surface area contributed by atoms with E-state index in [1.54, 1.807) is 4.90 Å². The molecule has 0 unspecified atom stereocenters. The first-order valence-electron chi connectivity index (χ1n) is 6.22. The number of hydrogen-bond acceptors (Lipinski definition) is 5. The molecule has 0 fully saturated rings. The molecule has 0 amide bonds. The first-order valence-corrected chi connectivity index (χ1v) is 6.22. The van der Waals surface area contributed by atoms with E-state index in [-0.39, 0.29) is 13.1 Å². The summed E-state index contributed by atoms with van der Waals surface area (Å²) in [5, 5.41) is 26.9. The lowest BCUT2D eigenvalue weighted by molar-refractivity contribution is 0.666. The van der Waals surface area contributed by atoms with Gasteiger partial charge >= 0.3 is 0 Å². The SMILES string of the molecule is N#CCN(CC#N)c1nc2c(cc1C#N)CCCC2. The van der Waals surface area contributed by atoms with Crippen LogP contribution in [0.2, 0.25) is 0 Å². The average molecular weight is 251 g/mol. The highest BCUT2D eigenvalue weighted by Crippen LogP contribution is 2.26. The fourth-order valence-corrected chi connectivity index (χ4v) is 2.32. The molecule has 0 saturated heterocycles. The van der Waals surface area contributed by atoms with Crippen molar-refractivity contribution < 1.29 is 0 Å². The van der Waals surface area contributed by atoms with E-state index in [0.717, 1.165) is 36.9 Å². The third-order valence-electron chi connectivity index (χ3n) is 3.22. The van der Waals surface area contributed by atoms with E-state index in [4.69, 9.17) is 10.5 Å². The van der Waals surface area contributed by atoms with Crippen LogP contribution in [0.5, 0.6) is 0 Å². The van der Waals surface area contributed by atoms with Crippen LogP contribution in [-0.4, -0.2) is 18.1 Å². The van der Waals surface area contributed by atoms with E-state index in [9.17, 15) is 5.26 Å². The van der Waals surface area contributed by atoms with Crippen molar-refractivity contribution in [1.82, 2.24) is 4.98 Å². The number of aromatic nitrogens is 1. The molecule has 0 saturated carbocycles. The highest BCUT2D eigenvalue weighted by atomic mass is 15.2.